The zero-order valence-electron chi connectivity index (χ0n) is 14.9. The molecule has 0 unspecified atom stereocenters. The highest BCUT2D eigenvalue weighted by Crippen LogP contribution is 2.43. The standard InChI is InChI=1S/C18H18BrN5O3/c1-23-9-13(21-22-23)10-27-18(25)16-8-20-24(17(16)11-3-4-11)14-5-12(19)6-15(7-14)26-2/h5-9,11H,3-4,10H2,1-2H3. The number of aromatic nitrogens is 5. The van der Waals surface area contributed by atoms with Crippen molar-refractivity contribution in [1.82, 2.24) is 24.8 Å². The molecular weight excluding hydrogens is 414 g/mol. The third-order valence-corrected chi connectivity index (χ3v) is 4.79. The highest BCUT2D eigenvalue weighted by Gasteiger charge is 2.33. The molecule has 140 valence electrons. The van der Waals surface area contributed by atoms with E-state index in [1.165, 1.54) is 0 Å². The Morgan fingerprint density at radius 1 is 1.33 bits per heavy atom. The van der Waals surface area contributed by atoms with Crippen LogP contribution in [0.15, 0.2) is 35.1 Å². The van der Waals surface area contributed by atoms with E-state index >= 15 is 0 Å². The molecule has 27 heavy (non-hydrogen) atoms. The molecule has 0 bridgehead atoms. The Kier molecular flexibility index (Phi) is 4.69. The third kappa shape index (κ3) is 3.73. The quantitative estimate of drug-likeness (QED) is 0.557. The van der Waals surface area contributed by atoms with Gasteiger partial charge in [-0.05, 0) is 25.0 Å². The number of esters is 1. The highest BCUT2D eigenvalue weighted by atomic mass is 79.9. The summed E-state index contributed by atoms with van der Waals surface area (Å²) in [6.07, 6.45) is 5.34. The van der Waals surface area contributed by atoms with Gasteiger partial charge in [0.15, 0.2) is 0 Å². The summed E-state index contributed by atoms with van der Waals surface area (Å²) in [7, 11) is 3.38. The number of benzene rings is 1. The predicted molar refractivity (Wildman–Crippen MR) is 99.9 cm³/mol. The Balaban J connectivity index is 1.63. The first-order valence-electron chi connectivity index (χ1n) is 8.50. The van der Waals surface area contributed by atoms with Crippen LogP contribution in [0.4, 0.5) is 0 Å². The Labute approximate surface area is 164 Å². The van der Waals surface area contributed by atoms with E-state index in [-0.39, 0.29) is 6.61 Å². The van der Waals surface area contributed by atoms with Crippen LogP contribution < -0.4 is 4.74 Å². The fraction of sp³-hybridized carbons (Fsp3) is 0.333. The number of hydrogen-bond acceptors (Lipinski definition) is 6. The lowest BCUT2D eigenvalue weighted by Crippen LogP contribution is -2.09. The number of methoxy groups -OCH3 is 1. The largest absolute Gasteiger partial charge is 0.497 e. The fourth-order valence-electron chi connectivity index (χ4n) is 2.94. The van der Waals surface area contributed by atoms with Gasteiger partial charge >= 0.3 is 5.97 Å². The molecule has 1 saturated carbocycles. The molecule has 3 aromatic rings. The molecule has 1 aliphatic carbocycles. The number of aryl methyl sites for hydroxylation is 1. The number of nitrogens with zero attached hydrogens (tertiary/aromatic N) is 5. The molecule has 2 heterocycles. The van der Waals surface area contributed by atoms with Crippen molar-refractivity contribution < 1.29 is 14.3 Å². The Morgan fingerprint density at radius 2 is 2.15 bits per heavy atom. The first kappa shape index (κ1) is 17.7. The van der Waals surface area contributed by atoms with E-state index < -0.39 is 5.97 Å². The van der Waals surface area contributed by atoms with Gasteiger partial charge in [-0.15, -0.1) is 5.10 Å². The van der Waals surface area contributed by atoms with E-state index in [9.17, 15) is 4.79 Å². The molecule has 1 aliphatic rings. The summed E-state index contributed by atoms with van der Waals surface area (Å²) < 4.78 is 15.0. The van der Waals surface area contributed by atoms with Crippen molar-refractivity contribution >= 4 is 21.9 Å². The summed E-state index contributed by atoms with van der Waals surface area (Å²) in [6, 6.07) is 5.70. The molecule has 0 atom stereocenters. The molecule has 0 amide bonds. The second-order valence-corrected chi connectivity index (χ2v) is 7.35. The van der Waals surface area contributed by atoms with E-state index in [0.717, 1.165) is 28.7 Å². The predicted octanol–water partition coefficient (Wildman–Crippen LogP) is 3.01. The van der Waals surface area contributed by atoms with Gasteiger partial charge in [0.25, 0.3) is 0 Å². The molecule has 9 heteroatoms. The number of hydrogen-bond donors (Lipinski definition) is 0. The molecule has 0 saturated heterocycles. The Hall–Kier alpha value is -2.68. The van der Waals surface area contributed by atoms with Crippen LogP contribution in [0.5, 0.6) is 5.75 Å². The van der Waals surface area contributed by atoms with E-state index in [0.29, 0.717) is 22.9 Å². The van der Waals surface area contributed by atoms with E-state index in [1.807, 2.05) is 18.2 Å². The second kappa shape index (κ2) is 7.15. The van der Waals surface area contributed by atoms with Crippen molar-refractivity contribution in [2.75, 3.05) is 7.11 Å². The maximum Gasteiger partial charge on any atom is 0.342 e. The van der Waals surface area contributed by atoms with Gasteiger partial charge in [-0.3, -0.25) is 4.68 Å². The number of carbonyl (C=O) groups is 1. The first-order valence-corrected chi connectivity index (χ1v) is 9.29. The van der Waals surface area contributed by atoms with Crippen molar-refractivity contribution in [3.8, 4) is 11.4 Å². The molecule has 1 aromatic carbocycles. The molecule has 1 fully saturated rings. The first-order chi connectivity index (χ1) is 13.0. The van der Waals surface area contributed by atoms with Gasteiger partial charge in [0.1, 0.15) is 23.6 Å². The van der Waals surface area contributed by atoms with Crippen LogP contribution in [0.25, 0.3) is 5.69 Å². The summed E-state index contributed by atoms with van der Waals surface area (Å²) >= 11 is 3.49. The van der Waals surface area contributed by atoms with Crippen molar-refractivity contribution in [2.45, 2.75) is 25.4 Å². The lowest BCUT2D eigenvalue weighted by molar-refractivity contribution is 0.0466. The number of halogens is 1. The minimum Gasteiger partial charge on any atom is -0.497 e. The van der Waals surface area contributed by atoms with Gasteiger partial charge in [-0.25, -0.2) is 9.48 Å². The zero-order chi connectivity index (χ0) is 19.0. The lowest BCUT2D eigenvalue weighted by Gasteiger charge is -2.11. The van der Waals surface area contributed by atoms with Gasteiger partial charge in [-0.2, -0.15) is 5.10 Å². The molecule has 2 aromatic heterocycles. The van der Waals surface area contributed by atoms with Gasteiger partial charge in [0.2, 0.25) is 0 Å². The highest BCUT2D eigenvalue weighted by molar-refractivity contribution is 9.10. The van der Waals surface area contributed by atoms with Crippen LogP contribution in [0.1, 0.15) is 40.5 Å². The molecule has 4 rings (SSSR count). The van der Waals surface area contributed by atoms with Gasteiger partial charge in [0, 0.05) is 23.5 Å². The van der Waals surface area contributed by atoms with Crippen molar-refractivity contribution in [3.63, 3.8) is 0 Å². The summed E-state index contributed by atoms with van der Waals surface area (Å²) in [6.45, 7) is 0.0761. The van der Waals surface area contributed by atoms with Crippen molar-refractivity contribution in [1.29, 1.82) is 0 Å². The van der Waals surface area contributed by atoms with Crippen molar-refractivity contribution in [2.24, 2.45) is 7.05 Å². The van der Waals surface area contributed by atoms with E-state index in [1.54, 1.807) is 35.9 Å². The van der Waals surface area contributed by atoms with Crippen LogP contribution in [0.3, 0.4) is 0 Å². The van der Waals surface area contributed by atoms with Gasteiger partial charge in [0.05, 0.1) is 30.9 Å². The average molecular weight is 432 g/mol. The Morgan fingerprint density at radius 3 is 2.81 bits per heavy atom. The minimum atomic E-state index is -0.407. The van der Waals surface area contributed by atoms with E-state index in [4.69, 9.17) is 9.47 Å². The monoisotopic (exact) mass is 431 g/mol. The fourth-order valence-corrected chi connectivity index (χ4v) is 3.40. The average Bonchev–Trinajstić information content (AvgIpc) is 3.25. The molecule has 8 nitrogen and oxygen atoms in total. The third-order valence-electron chi connectivity index (χ3n) is 4.33. The maximum atomic E-state index is 12.6. The van der Waals surface area contributed by atoms with Gasteiger partial charge < -0.3 is 9.47 Å². The van der Waals surface area contributed by atoms with Crippen LogP contribution in [-0.4, -0.2) is 37.9 Å². The number of carbonyl (C=O) groups excluding carboxylic acids is 1. The topological polar surface area (TPSA) is 84.1 Å². The van der Waals surface area contributed by atoms with Crippen LogP contribution in [0.2, 0.25) is 0 Å². The number of ether oxygens (including phenoxy) is 2. The van der Waals surface area contributed by atoms with Crippen LogP contribution in [0, 0.1) is 0 Å². The van der Waals surface area contributed by atoms with Crippen molar-refractivity contribution in [3.05, 3.63) is 52.0 Å². The minimum absolute atomic E-state index is 0.0761. The summed E-state index contributed by atoms with van der Waals surface area (Å²) in [5.41, 5.74) is 2.79. The SMILES string of the molecule is COc1cc(Br)cc(-n2ncc(C(=O)OCc3cn(C)nn3)c2C2CC2)c1. The summed E-state index contributed by atoms with van der Waals surface area (Å²) in [5.74, 6) is 0.607. The molecule has 0 N–H and O–H groups in total. The summed E-state index contributed by atoms with van der Waals surface area (Å²) in [4.78, 5) is 12.6. The zero-order valence-corrected chi connectivity index (χ0v) is 16.5. The molecule has 0 spiro atoms. The smallest absolute Gasteiger partial charge is 0.342 e. The van der Waals surface area contributed by atoms with E-state index in [2.05, 4.69) is 31.3 Å². The van der Waals surface area contributed by atoms with Crippen LogP contribution in [-0.2, 0) is 18.4 Å². The molecular formula is C18H18BrN5O3. The Bertz CT molecular complexity index is 993. The summed E-state index contributed by atoms with van der Waals surface area (Å²) in [5, 5.41) is 12.2. The normalized spacial score (nSPS) is 13.6. The maximum absolute atomic E-state index is 12.6. The van der Waals surface area contributed by atoms with Crippen LogP contribution >= 0.6 is 15.9 Å². The lowest BCUT2D eigenvalue weighted by atomic mass is 10.1. The second-order valence-electron chi connectivity index (χ2n) is 6.44. The van der Waals surface area contributed by atoms with Gasteiger partial charge in [-0.1, -0.05) is 21.1 Å². The molecule has 0 radical (unpaired) electrons. The number of rotatable bonds is 6. The molecule has 0 aliphatic heterocycles.